The molecule has 4 heteroatoms. The number of aromatic nitrogens is 1. The SMILES string of the molecule is NC1=CCC(N)(Cl)C=C1c1cc[nH]c1. The first-order valence-electron chi connectivity index (χ1n) is 4.38. The van der Waals surface area contributed by atoms with Gasteiger partial charge in [0, 0.05) is 35.6 Å². The lowest BCUT2D eigenvalue weighted by molar-refractivity contribution is 0.739. The van der Waals surface area contributed by atoms with Gasteiger partial charge in [0.05, 0.1) is 0 Å². The van der Waals surface area contributed by atoms with Crippen LogP contribution in [-0.2, 0) is 0 Å². The standard InChI is InChI=1S/C10H12ClN3/c11-10(13)3-1-9(12)8(5-10)7-2-4-14-6-7/h1-2,4-6,14H,3,12-13H2. The summed E-state index contributed by atoms with van der Waals surface area (Å²) in [7, 11) is 0. The number of H-pyrrole nitrogens is 1. The lowest BCUT2D eigenvalue weighted by atomic mass is 9.96. The molecule has 1 atom stereocenters. The van der Waals surface area contributed by atoms with Crippen molar-refractivity contribution < 1.29 is 0 Å². The lowest BCUT2D eigenvalue weighted by Gasteiger charge is -2.23. The van der Waals surface area contributed by atoms with Crippen LogP contribution in [0.25, 0.3) is 5.57 Å². The van der Waals surface area contributed by atoms with Crippen molar-refractivity contribution in [2.45, 2.75) is 11.4 Å². The van der Waals surface area contributed by atoms with Crippen molar-refractivity contribution in [3.05, 3.63) is 41.9 Å². The van der Waals surface area contributed by atoms with Gasteiger partial charge in [-0.05, 0) is 12.1 Å². The minimum atomic E-state index is -0.810. The number of hydrogen-bond acceptors (Lipinski definition) is 2. The second-order valence-electron chi connectivity index (χ2n) is 3.45. The Morgan fingerprint density at radius 1 is 1.50 bits per heavy atom. The highest BCUT2D eigenvalue weighted by molar-refractivity contribution is 6.25. The van der Waals surface area contributed by atoms with Crippen LogP contribution in [0.1, 0.15) is 12.0 Å². The summed E-state index contributed by atoms with van der Waals surface area (Å²) < 4.78 is 0. The highest BCUT2D eigenvalue weighted by atomic mass is 35.5. The number of rotatable bonds is 1. The topological polar surface area (TPSA) is 67.8 Å². The molecule has 2 rings (SSSR count). The number of nitrogens with one attached hydrogen (secondary N) is 1. The van der Waals surface area contributed by atoms with Crippen LogP contribution in [0, 0.1) is 0 Å². The van der Waals surface area contributed by atoms with Gasteiger partial charge in [-0.15, -0.1) is 0 Å². The maximum Gasteiger partial charge on any atom is 0.114 e. The number of aromatic amines is 1. The van der Waals surface area contributed by atoms with Crippen molar-refractivity contribution >= 4 is 17.2 Å². The number of nitrogens with two attached hydrogens (primary N) is 2. The van der Waals surface area contributed by atoms with Gasteiger partial charge in [-0.25, -0.2) is 0 Å². The molecule has 0 aliphatic heterocycles. The molecule has 1 aliphatic rings. The first kappa shape index (κ1) is 9.37. The fraction of sp³-hybridized carbons (Fsp3) is 0.200. The van der Waals surface area contributed by atoms with Crippen molar-refractivity contribution in [3.8, 4) is 0 Å². The monoisotopic (exact) mass is 209 g/mol. The third-order valence-corrected chi connectivity index (χ3v) is 2.50. The zero-order chi connectivity index (χ0) is 10.2. The van der Waals surface area contributed by atoms with E-state index >= 15 is 0 Å². The van der Waals surface area contributed by atoms with Crippen LogP contribution < -0.4 is 11.5 Å². The van der Waals surface area contributed by atoms with Gasteiger partial charge < -0.3 is 16.5 Å². The number of alkyl halides is 1. The summed E-state index contributed by atoms with van der Waals surface area (Å²) in [6, 6.07) is 1.94. The fourth-order valence-electron chi connectivity index (χ4n) is 1.50. The third-order valence-electron chi connectivity index (χ3n) is 2.24. The summed E-state index contributed by atoms with van der Waals surface area (Å²) >= 11 is 6.04. The molecule has 74 valence electrons. The van der Waals surface area contributed by atoms with E-state index < -0.39 is 5.00 Å². The van der Waals surface area contributed by atoms with Crippen molar-refractivity contribution in [3.63, 3.8) is 0 Å². The molecule has 0 radical (unpaired) electrons. The van der Waals surface area contributed by atoms with Gasteiger partial charge in [-0.1, -0.05) is 17.7 Å². The van der Waals surface area contributed by atoms with E-state index in [1.54, 1.807) is 6.08 Å². The van der Waals surface area contributed by atoms with Crippen molar-refractivity contribution in [2.24, 2.45) is 11.5 Å². The van der Waals surface area contributed by atoms with Gasteiger partial charge in [0.15, 0.2) is 0 Å². The largest absolute Gasteiger partial charge is 0.398 e. The maximum atomic E-state index is 6.04. The summed E-state index contributed by atoms with van der Waals surface area (Å²) in [5, 5.41) is 0. The third kappa shape index (κ3) is 1.69. The van der Waals surface area contributed by atoms with Crippen LogP contribution in [0.4, 0.5) is 0 Å². The van der Waals surface area contributed by atoms with Gasteiger partial charge in [0.25, 0.3) is 0 Å². The molecule has 0 aromatic carbocycles. The molecule has 0 bridgehead atoms. The lowest BCUT2D eigenvalue weighted by Crippen LogP contribution is -2.32. The minimum Gasteiger partial charge on any atom is -0.398 e. The summed E-state index contributed by atoms with van der Waals surface area (Å²) in [5.74, 6) is 0. The normalized spacial score (nSPS) is 27.0. The van der Waals surface area contributed by atoms with Gasteiger partial charge in [-0.3, -0.25) is 0 Å². The molecule has 1 unspecified atom stereocenters. The van der Waals surface area contributed by atoms with Crippen LogP contribution in [0.5, 0.6) is 0 Å². The highest BCUT2D eigenvalue weighted by Gasteiger charge is 2.23. The first-order chi connectivity index (χ1) is 6.58. The molecule has 0 saturated heterocycles. The van der Waals surface area contributed by atoms with E-state index in [0.717, 1.165) is 16.8 Å². The number of allylic oxidation sites excluding steroid dienone is 1. The summed E-state index contributed by atoms with van der Waals surface area (Å²) in [5.41, 5.74) is 14.3. The highest BCUT2D eigenvalue weighted by Crippen LogP contribution is 2.30. The smallest absolute Gasteiger partial charge is 0.114 e. The minimum absolute atomic E-state index is 0.564. The van der Waals surface area contributed by atoms with E-state index in [4.69, 9.17) is 23.1 Å². The Bertz CT molecular complexity index is 388. The molecular weight excluding hydrogens is 198 g/mol. The van der Waals surface area contributed by atoms with Crippen LogP contribution in [0.15, 0.2) is 36.3 Å². The second kappa shape index (κ2) is 3.19. The predicted molar refractivity (Wildman–Crippen MR) is 58.4 cm³/mol. The second-order valence-corrected chi connectivity index (χ2v) is 4.15. The number of hydrogen-bond donors (Lipinski definition) is 3. The van der Waals surface area contributed by atoms with E-state index in [1.165, 1.54) is 0 Å². The van der Waals surface area contributed by atoms with E-state index in [2.05, 4.69) is 4.98 Å². The first-order valence-corrected chi connectivity index (χ1v) is 4.76. The van der Waals surface area contributed by atoms with Gasteiger partial charge in [-0.2, -0.15) is 0 Å². The van der Waals surface area contributed by atoms with E-state index in [0.29, 0.717) is 6.42 Å². The zero-order valence-corrected chi connectivity index (χ0v) is 8.38. The maximum absolute atomic E-state index is 6.04. The van der Waals surface area contributed by atoms with Gasteiger partial charge in [0.1, 0.15) is 5.00 Å². The summed E-state index contributed by atoms with van der Waals surface area (Å²) in [6.45, 7) is 0. The molecule has 0 spiro atoms. The molecule has 0 saturated carbocycles. The molecule has 1 heterocycles. The fourth-order valence-corrected chi connectivity index (χ4v) is 1.69. The zero-order valence-electron chi connectivity index (χ0n) is 7.63. The molecular formula is C10H12ClN3. The Labute approximate surface area is 87.4 Å². The Hall–Kier alpha value is -1.19. The Balaban J connectivity index is 2.42. The van der Waals surface area contributed by atoms with Crippen LogP contribution in [0.3, 0.4) is 0 Å². The van der Waals surface area contributed by atoms with Crippen LogP contribution in [0.2, 0.25) is 0 Å². The Kier molecular flexibility index (Phi) is 2.13. The van der Waals surface area contributed by atoms with Gasteiger partial charge in [0.2, 0.25) is 0 Å². The summed E-state index contributed by atoms with van der Waals surface area (Å²) in [6.07, 6.45) is 7.92. The molecule has 14 heavy (non-hydrogen) atoms. The molecule has 1 aliphatic carbocycles. The molecule has 3 nitrogen and oxygen atoms in total. The quantitative estimate of drug-likeness (QED) is 0.485. The average Bonchev–Trinajstić information content (AvgIpc) is 2.62. The van der Waals surface area contributed by atoms with E-state index in [9.17, 15) is 0 Å². The van der Waals surface area contributed by atoms with Crippen LogP contribution in [-0.4, -0.2) is 9.98 Å². The van der Waals surface area contributed by atoms with Crippen molar-refractivity contribution in [1.82, 2.24) is 4.98 Å². The molecule has 1 aromatic rings. The van der Waals surface area contributed by atoms with E-state index in [1.807, 2.05) is 24.5 Å². The van der Waals surface area contributed by atoms with Crippen molar-refractivity contribution in [2.75, 3.05) is 0 Å². The van der Waals surface area contributed by atoms with E-state index in [-0.39, 0.29) is 0 Å². The predicted octanol–water partition coefficient (Wildman–Crippen LogP) is 1.54. The Morgan fingerprint density at radius 2 is 2.29 bits per heavy atom. The molecule has 5 N–H and O–H groups in total. The van der Waals surface area contributed by atoms with Crippen molar-refractivity contribution in [1.29, 1.82) is 0 Å². The van der Waals surface area contributed by atoms with Gasteiger partial charge >= 0.3 is 0 Å². The molecule has 1 aromatic heterocycles. The van der Waals surface area contributed by atoms with Crippen LogP contribution >= 0.6 is 11.6 Å². The average molecular weight is 210 g/mol. The summed E-state index contributed by atoms with van der Waals surface area (Å²) in [4.78, 5) is 2.16. The molecule has 0 amide bonds. The number of halogens is 1. The molecule has 0 fully saturated rings. The Morgan fingerprint density at radius 3 is 2.93 bits per heavy atom.